The van der Waals surface area contributed by atoms with Gasteiger partial charge in [-0.05, 0) is 5.56 Å². The second-order valence-electron chi connectivity index (χ2n) is 5.69. The monoisotopic (exact) mass is 421 g/mol. The van der Waals surface area contributed by atoms with Crippen LogP contribution in [0.25, 0.3) is 11.4 Å². The normalized spacial score (nSPS) is 12.4. The Balaban J connectivity index is 2.10. The van der Waals surface area contributed by atoms with Gasteiger partial charge in [0.25, 0.3) is 0 Å². The highest BCUT2D eigenvalue weighted by Crippen LogP contribution is 2.29. The smallest absolute Gasteiger partial charge is 0.469 e. The highest BCUT2D eigenvalue weighted by molar-refractivity contribution is 7.89. The first kappa shape index (κ1) is 21.8. The van der Waals surface area contributed by atoms with Gasteiger partial charge in [-0.15, -0.1) is 0 Å². The van der Waals surface area contributed by atoms with Crippen LogP contribution in [0.15, 0.2) is 28.8 Å². The van der Waals surface area contributed by atoms with Gasteiger partial charge in [0.15, 0.2) is 0 Å². The van der Waals surface area contributed by atoms with Crippen LogP contribution in [0.1, 0.15) is 24.8 Å². The molecule has 2 aromatic rings. The van der Waals surface area contributed by atoms with E-state index in [1.165, 1.54) is 23.5 Å². The summed E-state index contributed by atoms with van der Waals surface area (Å²) in [5.41, 5.74) is 0.895. The molecule has 1 aromatic heterocycles. The topological polar surface area (TPSA) is 103 Å². The molecule has 154 valence electrons. The zero-order valence-corrected chi connectivity index (χ0v) is 15.9. The van der Waals surface area contributed by atoms with E-state index in [0.717, 1.165) is 0 Å². The fourth-order valence-electron chi connectivity index (χ4n) is 2.27. The number of ether oxygens (including phenoxy) is 1. The van der Waals surface area contributed by atoms with Crippen LogP contribution >= 0.6 is 0 Å². The van der Waals surface area contributed by atoms with E-state index in [-0.39, 0.29) is 31.1 Å². The summed E-state index contributed by atoms with van der Waals surface area (Å²) in [7, 11) is -2.51. The first-order valence-electron chi connectivity index (χ1n) is 8.11. The fourth-order valence-corrected chi connectivity index (χ4v) is 3.69. The van der Waals surface area contributed by atoms with Gasteiger partial charge in [-0.1, -0.05) is 36.3 Å². The molecule has 28 heavy (non-hydrogen) atoms. The van der Waals surface area contributed by atoms with Crippen LogP contribution in [-0.4, -0.2) is 48.2 Å². The Bertz CT molecular complexity index is 910. The molecule has 0 N–H and O–H groups in total. The van der Waals surface area contributed by atoms with Crippen molar-refractivity contribution in [1.29, 1.82) is 0 Å². The van der Waals surface area contributed by atoms with Gasteiger partial charge in [0.2, 0.25) is 15.8 Å². The van der Waals surface area contributed by atoms with Crippen molar-refractivity contribution in [3.63, 3.8) is 0 Å². The number of methoxy groups -OCH3 is 1. The van der Waals surface area contributed by atoms with E-state index in [0.29, 0.717) is 11.1 Å². The first-order chi connectivity index (χ1) is 13.1. The van der Waals surface area contributed by atoms with Crippen molar-refractivity contribution in [2.75, 3.05) is 19.4 Å². The standard InChI is InChI=1S/C16H18F3N3O5S/c1-3-22(28(24,25)9-8-13(23)26-2)10-11-4-6-12(7-5-11)14-20-15(27-21-14)16(17,18)19/h4-7H,3,8-10H2,1-2H3. The van der Waals surface area contributed by atoms with E-state index in [9.17, 15) is 26.4 Å². The summed E-state index contributed by atoms with van der Waals surface area (Å²) < 4.78 is 72.1. The molecule has 0 aliphatic rings. The van der Waals surface area contributed by atoms with Crippen LogP contribution in [0.5, 0.6) is 0 Å². The molecule has 0 unspecified atom stereocenters. The Morgan fingerprint density at radius 2 is 1.89 bits per heavy atom. The lowest BCUT2D eigenvalue weighted by molar-refractivity contribution is -0.159. The highest BCUT2D eigenvalue weighted by atomic mass is 32.2. The Morgan fingerprint density at radius 1 is 1.25 bits per heavy atom. The summed E-state index contributed by atoms with van der Waals surface area (Å²) in [6.07, 6.45) is -4.99. The molecule has 0 aliphatic carbocycles. The molecule has 0 saturated carbocycles. The molecule has 0 atom stereocenters. The maximum absolute atomic E-state index is 12.5. The molecule has 0 fully saturated rings. The fraction of sp³-hybridized carbons (Fsp3) is 0.438. The summed E-state index contributed by atoms with van der Waals surface area (Å²) >= 11 is 0. The summed E-state index contributed by atoms with van der Waals surface area (Å²) in [5.74, 6) is -2.67. The minimum Gasteiger partial charge on any atom is -0.469 e. The molecule has 0 radical (unpaired) electrons. The lowest BCUT2D eigenvalue weighted by atomic mass is 10.1. The number of halogens is 3. The number of carbonyl (C=O) groups excluding carboxylic acids is 1. The predicted octanol–water partition coefficient (Wildman–Crippen LogP) is 2.47. The van der Waals surface area contributed by atoms with Crippen molar-refractivity contribution < 1.29 is 35.6 Å². The van der Waals surface area contributed by atoms with E-state index in [1.807, 2.05) is 0 Å². The zero-order valence-electron chi connectivity index (χ0n) is 15.1. The molecule has 1 heterocycles. The van der Waals surface area contributed by atoms with Crippen LogP contribution in [-0.2, 0) is 32.3 Å². The third kappa shape index (κ3) is 5.52. The highest BCUT2D eigenvalue weighted by Gasteiger charge is 2.38. The number of esters is 1. The number of rotatable bonds is 8. The molecule has 0 saturated heterocycles. The van der Waals surface area contributed by atoms with Crippen LogP contribution < -0.4 is 0 Å². The van der Waals surface area contributed by atoms with Gasteiger partial charge >= 0.3 is 18.0 Å². The molecule has 0 spiro atoms. The molecule has 0 amide bonds. The van der Waals surface area contributed by atoms with Crippen LogP contribution in [0, 0.1) is 0 Å². The molecule has 1 aromatic carbocycles. The summed E-state index contributed by atoms with van der Waals surface area (Å²) in [5, 5.41) is 3.29. The van der Waals surface area contributed by atoms with Crippen LogP contribution in [0.3, 0.4) is 0 Å². The van der Waals surface area contributed by atoms with Crippen molar-refractivity contribution in [2.45, 2.75) is 26.1 Å². The number of aromatic nitrogens is 2. The van der Waals surface area contributed by atoms with E-state index in [2.05, 4.69) is 19.4 Å². The average Bonchev–Trinajstić information content (AvgIpc) is 3.15. The molecule has 8 nitrogen and oxygen atoms in total. The summed E-state index contributed by atoms with van der Waals surface area (Å²) in [4.78, 5) is 14.5. The minimum atomic E-state index is -4.73. The SMILES string of the molecule is CCN(Cc1ccc(-c2noc(C(F)(F)F)n2)cc1)S(=O)(=O)CCC(=O)OC. The van der Waals surface area contributed by atoms with Crippen molar-refractivity contribution >= 4 is 16.0 Å². The van der Waals surface area contributed by atoms with E-state index in [4.69, 9.17) is 0 Å². The van der Waals surface area contributed by atoms with Crippen LogP contribution in [0.2, 0.25) is 0 Å². The second-order valence-corrected chi connectivity index (χ2v) is 7.77. The maximum atomic E-state index is 12.5. The Hall–Kier alpha value is -2.47. The molecule has 0 bridgehead atoms. The van der Waals surface area contributed by atoms with Gasteiger partial charge in [-0.25, -0.2) is 8.42 Å². The number of carbonyl (C=O) groups is 1. The zero-order chi connectivity index (χ0) is 20.9. The Kier molecular flexibility index (Phi) is 6.77. The quantitative estimate of drug-likeness (QED) is 0.603. The summed E-state index contributed by atoms with van der Waals surface area (Å²) in [6.45, 7) is 1.88. The van der Waals surface area contributed by atoms with Gasteiger partial charge in [0.05, 0.1) is 19.3 Å². The van der Waals surface area contributed by atoms with Crippen molar-refractivity contribution in [3.8, 4) is 11.4 Å². The number of benzene rings is 1. The van der Waals surface area contributed by atoms with Gasteiger partial charge in [-0.3, -0.25) is 4.79 Å². The lowest BCUT2D eigenvalue weighted by Gasteiger charge is -2.20. The largest absolute Gasteiger partial charge is 0.471 e. The minimum absolute atomic E-state index is 0.0420. The van der Waals surface area contributed by atoms with Gasteiger partial charge in [0, 0.05) is 18.7 Å². The van der Waals surface area contributed by atoms with Gasteiger partial charge < -0.3 is 9.26 Å². The van der Waals surface area contributed by atoms with Crippen molar-refractivity contribution in [1.82, 2.24) is 14.4 Å². The molecular formula is C16H18F3N3O5S. The van der Waals surface area contributed by atoms with Gasteiger partial charge in [-0.2, -0.15) is 22.5 Å². The molecule has 0 aliphatic heterocycles. The third-order valence-electron chi connectivity index (χ3n) is 3.78. The van der Waals surface area contributed by atoms with Gasteiger partial charge in [0.1, 0.15) is 0 Å². The van der Waals surface area contributed by atoms with E-state index < -0.39 is 28.1 Å². The maximum Gasteiger partial charge on any atom is 0.471 e. The Labute approximate surface area is 159 Å². The summed E-state index contributed by atoms with van der Waals surface area (Å²) in [6, 6.07) is 6.04. The lowest BCUT2D eigenvalue weighted by Crippen LogP contribution is -2.33. The molecule has 2 rings (SSSR count). The van der Waals surface area contributed by atoms with Crippen molar-refractivity contribution in [3.05, 3.63) is 35.7 Å². The third-order valence-corrected chi connectivity index (χ3v) is 5.67. The number of hydrogen-bond acceptors (Lipinski definition) is 7. The van der Waals surface area contributed by atoms with E-state index >= 15 is 0 Å². The first-order valence-corrected chi connectivity index (χ1v) is 9.72. The molecular weight excluding hydrogens is 403 g/mol. The number of nitrogens with zero attached hydrogens (tertiary/aromatic N) is 3. The Morgan fingerprint density at radius 3 is 2.39 bits per heavy atom. The molecule has 12 heteroatoms. The second kappa shape index (κ2) is 8.69. The predicted molar refractivity (Wildman–Crippen MR) is 91.2 cm³/mol. The van der Waals surface area contributed by atoms with E-state index in [1.54, 1.807) is 19.1 Å². The average molecular weight is 421 g/mol. The van der Waals surface area contributed by atoms with Crippen LogP contribution in [0.4, 0.5) is 13.2 Å². The van der Waals surface area contributed by atoms with Crippen molar-refractivity contribution in [2.24, 2.45) is 0 Å². The number of hydrogen-bond donors (Lipinski definition) is 0. The number of alkyl halides is 3. The number of sulfonamides is 1.